The molecule has 1 amide bonds. The molecule has 0 spiro atoms. The molecule has 1 heterocycles. The largest absolute Gasteiger partial charge is 0.490 e. The number of aromatic nitrogens is 2. The number of halogens is 1. The van der Waals surface area contributed by atoms with Crippen LogP contribution in [0.3, 0.4) is 0 Å². The number of benzene rings is 2. The normalized spacial score (nSPS) is 12.9. The van der Waals surface area contributed by atoms with E-state index in [0.29, 0.717) is 36.9 Å². The topological polar surface area (TPSA) is 108 Å². The van der Waals surface area contributed by atoms with Crippen LogP contribution in [0.4, 0.5) is 14.9 Å². The average Bonchev–Trinajstić information content (AvgIpc) is 3.41. The van der Waals surface area contributed by atoms with Crippen LogP contribution in [-0.2, 0) is 15.6 Å². The predicted molar refractivity (Wildman–Crippen MR) is 173 cm³/mol. The Hall–Kier alpha value is -3.35. The Morgan fingerprint density at radius 1 is 1.14 bits per heavy atom. The summed E-state index contributed by atoms with van der Waals surface area (Å²) in [6.07, 6.45) is 2.17. The number of aliphatic imine (C=N–C) groups is 2. The van der Waals surface area contributed by atoms with Gasteiger partial charge in [0.25, 0.3) is 0 Å². The standard InChI is InChI=1S/C31H41FN4O5SSi/c1-10-21-18-24(26(32)25(19-21)39-16-11-17-40-43(8,9)31(3,4)5)27(29(42-7)35-30(37)38-6)34-23-14-12-22(13-15-23)28-33-20(2)41-36-28/h12-15,18-19H,10-11,16-17H2,1-9H3/b34-27+,35-29?. The van der Waals surface area contributed by atoms with Crippen LogP contribution in [0.1, 0.15) is 51.1 Å². The van der Waals surface area contributed by atoms with Gasteiger partial charge in [-0.2, -0.15) is 9.98 Å². The SMILES string of the molecule is CCc1cc(OCCCO[Si](C)(C)C(C)(C)C)c(F)c(/C(=N\c2ccc(-c3noc(C)n3)cc2)C(=NC(=O)OC)SC)c1. The third kappa shape index (κ3) is 9.07. The van der Waals surface area contributed by atoms with E-state index in [4.69, 9.17) is 23.4 Å². The van der Waals surface area contributed by atoms with Gasteiger partial charge in [0.2, 0.25) is 11.7 Å². The molecular formula is C31H41FN4O5SSi. The van der Waals surface area contributed by atoms with Crippen molar-refractivity contribution in [3.8, 4) is 17.1 Å². The van der Waals surface area contributed by atoms with Gasteiger partial charge in [-0.3, -0.25) is 0 Å². The Balaban J connectivity index is 1.97. The van der Waals surface area contributed by atoms with Crippen molar-refractivity contribution in [1.82, 2.24) is 10.1 Å². The first-order valence-electron chi connectivity index (χ1n) is 14.1. The molecular weight excluding hydrogens is 588 g/mol. The average molecular weight is 629 g/mol. The van der Waals surface area contributed by atoms with E-state index in [1.54, 1.807) is 49.6 Å². The van der Waals surface area contributed by atoms with E-state index in [1.165, 1.54) is 7.11 Å². The van der Waals surface area contributed by atoms with Crippen LogP contribution in [0.2, 0.25) is 18.1 Å². The van der Waals surface area contributed by atoms with Gasteiger partial charge in [-0.05, 0) is 72.8 Å². The molecule has 0 aliphatic carbocycles. The summed E-state index contributed by atoms with van der Waals surface area (Å²) in [6.45, 7) is 15.5. The molecule has 3 aromatic rings. The van der Waals surface area contributed by atoms with E-state index >= 15 is 4.39 Å². The number of carbonyl (C=O) groups is 1. The second-order valence-electron chi connectivity index (χ2n) is 11.4. The van der Waals surface area contributed by atoms with Gasteiger partial charge in [0.1, 0.15) is 10.8 Å². The van der Waals surface area contributed by atoms with E-state index in [-0.39, 0.29) is 33.7 Å². The molecule has 232 valence electrons. The highest BCUT2D eigenvalue weighted by Crippen LogP contribution is 2.36. The highest BCUT2D eigenvalue weighted by Gasteiger charge is 2.36. The minimum atomic E-state index is -1.89. The molecule has 43 heavy (non-hydrogen) atoms. The van der Waals surface area contributed by atoms with Crippen LogP contribution in [0.5, 0.6) is 5.75 Å². The molecule has 2 aromatic carbocycles. The summed E-state index contributed by atoms with van der Waals surface area (Å²) < 4.78 is 38.2. The Morgan fingerprint density at radius 2 is 1.84 bits per heavy atom. The maximum Gasteiger partial charge on any atom is 0.434 e. The Morgan fingerprint density at radius 3 is 2.40 bits per heavy atom. The molecule has 0 atom stereocenters. The number of hydrogen-bond acceptors (Lipinski definition) is 9. The number of rotatable bonds is 11. The minimum absolute atomic E-state index is 0.104. The maximum atomic E-state index is 16.2. The van der Waals surface area contributed by atoms with Crippen molar-refractivity contribution < 1.29 is 27.6 Å². The second kappa shape index (κ2) is 14.9. The number of aryl methyl sites for hydroxylation is 2. The molecule has 0 bridgehead atoms. The van der Waals surface area contributed by atoms with Crippen molar-refractivity contribution in [3.05, 3.63) is 59.2 Å². The summed E-state index contributed by atoms with van der Waals surface area (Å²) >= 11 is 1.16. The summed E-state index contributed by atoms with van der Waals surface area (Å²) in [5.41, 5.74) is 2.44. The van der Waals surface area contributed by atoms with Gasteiger partial charge in [0.05, 0.1) is 19.4 Å². The highest BCUT2D eigenvalue weighted by molar-refractivity contribution is 8.15. The van der Waals surface area contributed by atoms with Gasteiger partial charge >= 0.3 is 6.09 Å². The summed E-state index contributed by atoms with van der Waals surface area (Å²) in [4.78, 5) is 25.2. The van der Waals surface area contributed by atoms with Gasteiger partial charge in [0.15, 0.2) is 19.9 Å². The summed E-state index contributed by atoms with van der Waals surface area (Å²) in [5.74, 6) is 0.418. The van der Waals surface area contributed by atoms with Crippen LogP contribution in [-0.4, -0.2) is 61.9 Å². The summed E-state index contributed by atoms with van der Waals surface area (Å²) in [7, 11) is -0.653. The smallest absolute Gasteiger partial charge is 0.434 e. The maximum absolute atomic E-state index is 16.2. The first kappa shape index (κ1) is 34.1. The lowest BCUT2D eigenvalue weighted by Gasteiger charge is -2.36. The molecule has 0 fully saturated rings. The zero-order chi connectivity index (χ0) is 31.8. The monoisotopic (exact) mass is 628 g/mol. The number of hydrogen-bond donors (Lipinski definition) is 0. The van der Waals surface area contributed by atoms with E-state index in [9.17, 15) is 4.79 Å². The highest BCUT2D eigenvalue weighted by atomic mass is 32.2. The summed E-state index contributed by atoms with van der Waals surface area (Å²) in [6, 6.07) is 10.5. The lowest BCUT2D eigenvalue weighted by atomic mass is 10.0. The molecule has 0 N–H and O–H groups in total. The van der Waals surface area contributed by atoms with Gasteiger partial charge in [-0.25, -0.2) is 14.2 Å². The third-order valence-corrected chi connectivity index (χ3v) is 12.4. The fourth-order valence-corrected chi connectivity index (χ4v) is 5.30. The van der Waals surface area contributed by atoms with Gasteiger partial charge in [-0.1, -0.05) is 32.9 Å². The van der Waals surface area contributed by atoms with E-state index in [1.807, 2.05) is 6.92 Å². The van der Waals surface area contributed by atoms with Crippen molar-refractivity contribution in [3.63, 3.8) is 0 Å². The Kier molecular flexibility index (Phi) is 11.8. The zero-order valence-corrected chi connectivity index (χ0v) is 28.2. The number of amides is 1. The number of carbonyl (C=O) groups excluding carboxylic acids is 1. The number of thioether (sulfide) groups is 1. The van der Waals surface area contributed by atoms with Crippen molar-refractivity contribution >= 4 is 42.6 Å². The lowest BCUT2D eigenvalue weighted by molar-refractivity contribution is 0.183. The molecule has 0 aliphatic heterocycles. The predicted octanol–water partition coefficient (Wildman–Crippen LogP) is 8.19. The van der Waals surface area contributed by atoms with Crippen LogP contribution in [0.25, 0.3) is 11.4 Å². The molecule has 0 saturated heterocycles. The first-order chi connectivity index (χ1) is 20.3. The van der Waals surface area contributed by atoms with Gasteiger partial charge in [-0.15, -0.1) is 11.8 Å². The van der Waals surface area contributed by atoms with Crippen LogP contribution < -0.4 is 4.74 Å². The van der Waals surface area contributed by atoms with Crippen molar-refractivity contribution in [2.75, 3.05) is 26.6 Å². The van der Waals surface area contributed by atoms with Crippen molar-refractivity contribution in [2.45, 2.75) is 65.6 Å². The van der Waals surface area contributed by atoms with Gasteiger partial charge in [0, 0.05) is 31.1 Å². The summed E-state index contributed by atoms with van der Waals surface area (Å²) in [5, 5.41) is 4.25. The van der Waals surface area contributed by atoms with E-state index in [0.717, 1.165) is 22.9 Å². The zero-order valence-electron chi connectivity index (χ0n) is 26.4. The molecule has 0 aliphatic rings. The first-order valence-corrected chi connectivity index (χ1v) is 18.2. The quantitative estimate of drug-likeness (QED) is 0.0905. The van der Waals surface area contributed by atoms with E-state index < -0.39 is 20.2 Å². The third-order valence-electron chi connectivity index (χ3n) is 7.24. The number of ether oxygens (including phenoxy) is 2. The van der Waals surface area contributed by atoms with Crippen LogP contribution >= 0.6 is 11.8 Å². The van der Waals surface area contributed by atoms with E-state index in [2.05, 4.69) is 49.0 Å². The van der Waals surface area contributed by atoms with Crippen molar-refractivity contribution in [1.29, 1.82) is 0 Å². The molecule has 12 heteroatoms. The lowest BCUT2D eigenvalue weighted by Crippen LogP contribution is -2.41. The Bertz CT molecular complexity index is 1470. The molecule has 3 rings (SSSR count). The molecule has 0 radical (unpaired) electrons. The fraction of sp³-hybridized carbons (Fsp3) is 0.452. The van der Waals surface area contributed by atoms with Crippen molar-refractivity contribution in [2.24, 2.45) is 9.98 Å². The van der Waals surface area contributed by atoms with Crippen LogP contribution in [0.15, 0.2) is 50.9 Å². The fourth-order valence-electron chi connectivity index (χ4n) is 3.70. The number of methoxy groups -OCH3 is 1. The van der Waals surface area contributed by atoms with Gasteiger partial charge < -0.3 is 18.4 Å². The minimum Gasteiger partial charge on any atom is -0.490 e. The number of nitrogens with zero attached hydrogens (tertiary/aromatic N) is 4. The molecule has 1 aromatic heterocycles. The molecule has 0 unspecified atom stereocenters. The van der Waals surface area contributed by atoms with Crippen LogP contribution in [0, 0.1) is 12.7 Å². The molecule has 9 nitrogen and oxygen atoms in total. The Labute approximate surface area is 258 Å². The second-order valence-corrected chi connectivity index (χ2v) is 17.0. The molecule has 0 saturated carbocycles.